The van der Waals surface area contributed by atoms with Gasteiger partial charge in [0.25, 0.3) is 0 Å². The molecule has 0 aliphatic rings. The molecular formula is C25H18N2OS2. The van der Waals surface area contributed by atoms with Gasteiger partial charge in [0.15, 0.2) is 10.8 Å². The van der Waals surface area contributed by atoms with E-state index in [1.54, 1.807) is 23.1 Å². The summed E-state index contributed by atoms with van der Waals surface area (Å²) in [5, 5.41) is 3.68. The number of benzene rings is 3. The molecule has 5 heteroatoms. The lowest BCUT2D eigenvalue weighted by atomic mass is 10.1. The molecule has 2 heterocycles. The first-order valence-corrected chi connectivity index (χ1v) is 11.3. The normalized spacial score (nSPS) is 11.0. The number of hydrogen-bond donors (Lipinski definition) is 0. The number of aryl methyl sites for hydroxylation is 1. The van der Waals surface area contributed by atoms with E-state index in [4.69, 9.17) is 14.4 Å². The van der Waals surface area contributed by atoms with Crippen molar-refractivity contribution in [1.29, 1.82) is 0 Å². The minimum absolute atomic E-state index is 0.611. The highest BCUT2D eigenvalue weighted by atomic mass is 32.2. The number of thiazole rings is 1. The molecule has 5 rings (SSSR count). The summed E-state index contributed by atoms with van der Waals surface area (Å²) in [5.41, 5.74) is 5.00. The summed E-state index contributed by atoms with van der Waals surface area (Å²) in [4.78, 5) is 10.8. The second-order valence-electron chi connectivity index (χ2n) is 6.84. The number of hydrogen-bond acceptors (Lipinski definition) is 5. The summed E-state index contributed by atoms with van der Waals surface area (Å²) in [7, 11) is 0. The Morgan fingerprint density at radius 2 is 1.47 bits per heavy atom. The van der Waals surface area contributed by atoms with Crippen LogP contribution in [0.2, 0.25) is 0 Å². The zero-order valence-electron chi connectivity index (χ0n) is 16.3. The first-order chi connectivity index (χ1) is 14.8. The molecule has 0 aliphatic heterocycles. The van der Waals surface area contributed by atoms with Crippen molar-refractivity contribution < 1.29 is 4.42 Å². The highest BCUT2D eigenvalue weighted by Gasteiger charge is 2.20. The van der Waals surface area contributed by atoms with Crippen LogP contribution >= 0.6 is 23.1 Å². The zero-order valence-corrected chi connectivity index (χ0v) is 17.9. The Morgan fingerprint density at radius 3 is 2.20 bits per heavy atom. The second kappa shape index (κ2) is 8.30. The lowest BCUT2D eigenvalue weighted by molar-refractivity contribution is 0.486. The van der Waals surface area contributed by atoms with Crippen LogP contribution in [0.3, 0.4) is 0 Å². The summed E-state index contributed by atoms with van der Waals surface area (Å²) in [6.45, 7) is 2.07. The maximum atomic E-state index is 6.23. The van der Waals surface area contributed by atoms with Gasteiger partial charge in [-0.3, -0.25) is 0 Å². The smallest absolute Gasteiger partial charge is 0.228 e. The highest BCUT2D eigenvalue weighted by Crippen LogP contribution is 2.40. The van der Waals surface area contributed by atoms with Gasteiger partial charge in [0, 0.05) is 21.4 Å². The Morgan fingerprint density at radius 1 is 0.767 bits per heavy atom. The molecule has 146 valence electrons. The van der Waals surface area contributed by atoms with E-state index in [9.17, 15) is 0 Å². The van der Waals surface area contributed by atoms with E-state index in [-0.39, 0.29) is 0 Å². The van der Waals surface area contributed by atoms with Crippen LogP contribution in [0.4, 0.5) is 0 Å². The van der Waals surface area contributed by atoms with Crippen molar-refractivity contribution in [3.63, 3.8) is 0 Å². The average molecular weight is 427 g/mol. The molecule has 0 N–H and O–H groups in total. The largest absolute Gasteiger partial charge is 0.429 e. The van der Waals surface area contributed by atoms with Gasteiger partial charge in [-0.05, 0) is 43.0 Å². The first-order valence-electron chi connectivity index (χ1n) is 9.58. The summed E-state index contributed by atoms with van der Waals surface area (Å²) < 4.78 is 6.23. The van der Waals surface area contributed by atoms with E-state index in [1.165, 1.54) is 5.56 Å². The molecule has 0 bridgehead atoms. The number of rotatable bonds is 5. The van der Waals surface area contributed by atoms with Crippen LogP contribution in [0.5, 0.6) is 0 Å². The van der Waals surface area contributed by atoms with E-state index in [1.807, 2.05) is 48.5 Å². The van der Waals surface area contributed by atoms with Gasteiger partial charge < -0.3 is 4.42 Å². The van der Waals surface area contributed by atoms with Gasteiger partial charge >= 0.3 is 0 Å². The second-order valence-corrected chi connectivity index (χ2v) is 8.74. The molecule has 0 saturated carbocycles. The SMILES string of the molecule is Cc1ccc(-c2nc(-c3nc(-c4ccccc4)cs3)c(Sc3ccccc3)o2)cc1. The molecule has 0 spiro atoms. The van der Waals surface area contributed by atoms with Crippen molar-refractivity contribution in [2.75, 3.05) is 0 Å². The molecule has 0 unspecified atom stereocenters. The van der Waals surface area contributed by atoms with E-state index in [2.05, 4.69) is 48.7 Å². The zero-order chi connectivity index (χ0) is 20.3. The summed E-state index contributed by atoms with van der Waals surface area (Å²) in [5.74, 6) is 0.611. The summed E-state index contributed by atoms with van der Waals surface area (Å²) in [6.07, 6.45) is 0. The third-order valence-electron chi connectivity index (χ3n) is 4.62. The quantitative estimate of drug-likeness (QED) is 0.290. The number of nitrogens with zero attached hydrogens (tertiary/aromatic N) is 2. The highest BCUT2D eigenvalue weighted by molar-refractivity contribution is 7.99. The van der Waals surface area contributed by atoms with Crippen molar-refractivity contribution >= 4 is 23.1 Å². The van der Waals surface area contributed by atoms with Crippen molar-refractivity contribution in [3.8, 4) is 33.4 Å². The Kier molecular flexibility index (Phi) is 5.22. The Labute approximate surface area is 183 Å². The predicted molar refractivity (Wildman–Crippen MR) is 124 cm³/mol. The minimum Gasteiger partial charge on any atom is -0.429 e. The van der Waals surface area contributed by atoms with Crippen LogP contribution < -0.4 is 0 Å². The minimum atomic E-state index is 0.611. The van der Waals surface area contributed by atoms with Gasteiger partial charge in [-0.15, -0.1) is 11.3 Å². The fourth-order valence-corrected chi connectivity index (χ4v) is 4.79. The van der Waals surface area contributed by atoms with Gasteiger partial charge in [-0.25, -0.2) is 9.97 Å². The third-order valence-corrected chi connectivity index (χ3v) is 6.44. The predicted octanol–water partition coefficient (Wildman–Crippen LogP) is 7.59. The van der Waals surface area contributed by atoms with Crippen molar-refractivity contribution in [3.05, 3.63) is 95.9 Å². The molecule has 0 fully saturated rings. The molecule has 0 amide bonds. The molecule has 5 aromatic rings. The maximum absolute atomic E-state index is 6.23. The molecule has 3 nitrogen and oxygen atoms in total. The van der Waals surface area contributed by atoms with Crippen LogP contribution in [0.15, 0.2) is 105 Å². The summed E-state index contributed by atoms with van der Waals surface area (Å²) >= 11 is 3.16. The van der Waals surface area contributed by atoms with Crippen LogP contribution in [0, 0.1) is 6.92 Å². The molecule has 30 heavy (non-hydrogen) atoms. The van der Waals surface area contributed by atoms with Gasteiger partial charge in [-0.2, -0.15) is 0 Å². The van der Waals surface area contributed by atoms with E-state index in [0.29, 0.717) is 5.89 Å². The molecular weight excluding hydrogens is 408 g/mol. The van der Waals surface area contributed by atoms with E-state index >= 15 is 0 Å². The molecule has 3 aromatic carbocycles. The monoisotopic (exact) mass is 426 g/mol. The molecule has 0 atom stereocenters. The molecule has 2 aromatic heterocycles. The Balaban J connectivity index is 1.57. The van der Waals surface area contributed by atoms with Crippen molar-refractivity contribution in [1.82, 2.24) is 9.97 Å². The van der Waals surface area contributed by atoms with Crippen LogP contribution in [0.25, 0.3) is 33.4 Å². The maximum Gasteiger partial charge on any atom is 0.228 e. The van der Waals surface area contributed by atoms with E-state index in [0.717, 1.165) is 37.5 Å². The lowest BCUT2D eigenvalue weighted by Crippen LogP contribution is -1.82. The first kappa shape index (κ1) is 18.9. The van der Waals surface area contributed by atoms with Crippen molar-refractivity contribution in [2.24, 2.45) is 0 Å². The van der Waals surface area contributed by atoms with Crippen LogP contribution in [0.1, 0.15) is 5.56 Å². The molecule has 0 radical (unpaired) electrons. The van der Waals surface area contributed by atoms with E-state index < -0.39 is 0 Å². The van der Waals surface area contributed by atoms with Crippen molar-refractivity contribution in [2.45, 2.75) is 16.9 Å². The van der Waals surface area contributed by atoms with Gasteiger partial charge in [0.1, 0.15) is 5.01 Å². The Hall–Kier alpha value is -3.15. The number of oxazole rings is 1. The standard InChI is InChI=1S/C25H18N2OS2/c1-17-12-14-19(15-13-17)23-27-22(25(28-23)30-20-10-6-3-7-11-20)24-26-21(16-29-24)18-8-4-2-5-9-18/h2-16H,1H3. The third kappa shape index (κ3) is 3.95. The van der Waals surface area contributed by atoms with Crippen LogP contribution in [-0.4, -0.2) is 9.97 Å². The fourth-order valence-electron chi connectivity index (χ4n) is 3.05. The lowest BCUT2D eigenvalue weighted by Gasteiger charge is -1.99. The Bertz CT molecular complexity index is 1260. The van der Waals surface area contributed by atoms with Gasteiger partial charge in [-0.1, -0.05) is 66.2 Å². The topological polar surface area (TPSA) is 38.9 Å². The molecule has 0 saturated heterocycles. The van der Waals surface area contributed by atoms with Crippen LogP contribution in [-0.2, 0) is 0 Å². The van der Waals surface area contributed by atoms with Gasteiger partial charge in [0.05, 0.1) is 5.69 Å². The average Bonchev–Trinajstić information content (AvgIpc) is 3.43. The van der Waals surface area contributed by atoms with Gasteiger partial charge in [0.2, 0.25) is 5.89 Å². The molecule has 0 aliphatic carbocycles. The summed E-state index contributed by atoms with van der Waals surface area (Å²) in [6, 6.07) is 28.6. The number of aromatic nitrogens is 2. The fraction of sp³-hybridized carbons (Fsp3) is 0.0400.